The molecule has 112 valence electrons. The fourth-order valence-electron chi connectivity index (χ4n) is 1.59. The molecule has 0 aliphatic rings. The van der Waals surface area contributed by atoms with Gasteiger partial charge in [0.15, 0.2) is 5.96 Å². The molecule has 0 saturated carbocycles. The van der Waals surface area contributed by atoms with Crippen LogP contribution in [-0.2, 0) is 6.54 Å². The van der Waals surface area contributed by atoms with Crippen molar-refractivity contribution in [2.75, 3.05) is 19.7 Å². The molecule has 20 heavy (non-hydrogen) atoms. The number of guanidine groups is 1. The maximum Gasteiger partial charge on any atom is 0.213 e. The van der Waals surface area contributed by atoms with Crippen molar-refractivity contribution in [2.24, 2.45) is 10.9 Å². The number of pyridine rings is 1. The Bertz CT molecular complexity index is 418. The van der Waals surface area contributed by atoms with Gasteiger partial charge in [-0.05, 0) is 31.4 Å². The van der Waals surface area contributed by atoms with E-state index >= 15 is 0 Å². The quantitative estimate of drug-likeness (QED) is 0.593. The first-order valence-electron chi connectivity index (χ1n) is 7.25. The van der Waals surface area contributed by atoms with Gasteiger partial charge in [0, 0.05) is 25.4 Å². The van der Waals surface area contributed by atoms with Gasteiger partial charge in [0.25, 0.3) is 0 Å². The van der Waals surface area contributed by atoms with E-state index in [9.17, 15) is 0 Å². The van der Waals surface area contributed by atoms with Gasteiger partial charge in [-0.15, -0.1) is 0 Å². The van der Waals surface area contributed by atoms with Gasteiger partial charge >= 0.3 is 0 Å². The largest absolute Gasteiger partial charge is 0.478 e. The van der Waals surface area contributed by atoms with Crippen LogP contribution in [0.5, 0.6) is 5.88 Å². The van der Waals surface area contributed by atoms with Crippen LogP contribution in [0.3, 0.4) is 0 Å². The Labute approximate surface area is 121 Å². The van der Waals surface area contributed by atoms with Crippen molar-refractivity contribution in [3.8, 4) is 5.88 Å². The van der Waals surface area contributed by atoms with Gasteiger partial charge in [-0.3, -0.25) is 0 Å². The van der Waals surface area contributed by atoms with Crippen molar-refractivity contribution < 1.29 is 4.74 Å². The summed E-state index contributed by atoms with van der Waals surface area (Å²) in [6.07, 6.45) is 1.75. The van der Waals surface area contributed by atoms with Crippen LogP contribution in [0.1, 0.15) is 33.3 Å². The molecule has 0 amide bonds. The highest BCUT2D eigenvalue weighted by atomic mass is 16.5. The van der Waals surface area contributed by atoms with Crippen molar-refractivity contribution >= 4 is 5.96 Å². The van der Waals surface area contributed by atoms with Crippen molar-refractivity contribution in [2.45, 2.75) is 34.2 Å². The van der Waals surface area contributed by atoms with Crippen molar-refractivity contribution in [3.05, 3.63) is 23.9 Å². The van der Waals surface area contributed by atoms with E-state index in [4.69, 9.17) is 4.74 Å². The molecule has 0 radical (unpaired) electrons. The maximum atomic E-state index is 5.39. The van der Waals surface area contributed by atoms with Gasteiger partial charge in [0.1, 0.15) is 0 Å². The Kier molecular flexibility index (Phi) is 7.47. The molecular weight excluding hydrogens is 252 g/mol. The molecule has 1 heterocycles. The van der Waals surface area contributed by atoms with Crippen molar-refractivity contribution in [1.29, 1.82) is 0 Å². The van der Waals surface area contributed by atoms with Gasteiger partial charge in [-0.2, -0.15) is 0 Å². The molecule has 0 bridgehead atoms. The number of aliphatic imine (C=N–C) groups is 1. The lowest BCUT2D eigenvalue weighted by atomic mass is 10.2. The van der Waals surface area contributed by atoms with E-state index in [1.807, 2.05) is 19.1 Å². The Balaban J connectivity index is 2.63. The second kappa shape index (κ2) is 9.18. The van der Waals surface area contributed by atoms with E-state index in [1.165, 1.54) is 0 Å². The third-order valence-corrected chi connectivity index (χ3v) is 2.53. The average Bonchev–Trinajstić information content (AvgIpc) is 2.42. The fourth-order valence-corrected chi connectivity index (χ4v) is 1.59. The second-order valence-electron chi connectivity index (χ2n) is 4.91. The number of hydrogen-bond donors (Lipinski definition) is 2. The summed E-state index contributed by atoms with van der Waals surface area (Å²) < 4.78 is 5.39. The zero-order valence-corrected chi connectivity index (χ0v) is 12.9. The second-order valence-corrected chi connectivity index (χ2v) is 4.91. The molecule has 0 saturated heterocycles. The molecule has 1 rings (SSSR count). The number of aromatic nitrogens is 1. The number of nitrogens with one attached hydrogen (secondary N) is 2. The fraction of sp³-hybridized carbons (Fsp3) is 0.600. The van der Waals surface area contributed by atoms with Gasteiger partial charge in [0.2, 0.25) is 5.88 Å². The highest BCUT2D eigenvalue weighted by Gasteiger charge is 2.01. The summed E-state index contributed by atoms with van der Waals surface area (Å²) in [5.74, 6) is 2.08. The molecular formula is C15H26N4O. The Morgan fingerprint density at radius 2 is 2.15 bits per heavy atom. The summed E-state index contributed by atoms with van der Waals surface area (Å²) in [5.41, 5.74) is 1.09. The van der Waals surface area contributed by atoms with Gasteiger partial charge < -0.3 is 15.4 Å². The molecule has 5 nitrogen and oxygen atoms in total. The van der Waals surface area contributed by atoms with E-state index in [2.05, 4.69) is 41.4 Å². The van der Waals surface area contributed by atoms with Crippen LogP contribution in [0.25, 0.3) is 0 Å². The molecule has 5 heteroatoms. The highest BCUT2D eigenvalue weighted by Crippen LogP contribution is 2.10. The van der Waals surface area contributed by atoms with Crippen LogP contribution in [-0.4, -0.2) is 30.6 Å². The van der Waals surface area contributed by atoms with E-state index < -0.39 is 0 Å². The third kappa shape index (κ3) is 6.41. The topological polar surface area (TPSA) is 58.5 Å². The Hall–Kier alpha value is -1.78. The maximum absolute atomic E-state index is 5.39. The van der Waals surface area contributed by atoms with Crippen molar-refractivity contribution in [1.82, 2.24) is 15.6 Å². The smallest absolute Gasteiger partial charge is 0.213 e. The predicted octanol–water partition coefficient (Wildman–Crippen LogP) is 2.19. The minimum Gasteiger partial charge on any atom is -0.478 e. The van der Waals surface area contributed by atoms with Crippen LogP contribution in [0.15, 0.2) is 23.3 Å². The van der Waals surface area contributed by atoms with Crippen LogP contribution in [0.2, 0.25) is 0 Å². The summed E-state index contributed by atoms with van der Waals surface area (Å²) in [6.45, 7) is 11.4. The lowest BCUT2D eigenvalue weighted by molar-refractivity contribution is 0.326. The zero-order valence-electron chi connectivity index (χ0n) is 12.9. The van der Waals surface area contributed by atoms with Gasteiger partial charge in [-0.1, -0.05) is 13.8 Å². The van der Waals surface area contributed by atoms with E-state index in [-0.39, 0.29) is 0 Å². The highest BCUT2D eigenvalue weighted by molar-refractivity contribution is 5.79. The minimum absolute atomic E-state index is 0.587. The number of rotatable bonds is 7. The monoisotopic (exact) mass is 278 g/mol. The standard InChI is InChI=1S/C15H26N4O/c1-5-16-15(18-10-12(3)4)19-11-13-7-8-17-14(9-13)20-6-2/h7-9,12H,5-6,10-11H2,1-4H3,(H2,16,18,19). The molecule has 1 aromatic rings. The van der Waals surface area contributed by atoms with Crippen LogP contribution in [0, 0.1) is 5.92 Å². The third-order valence-electron chi connectivity index (χ3n) is 2.53. The molecule has 1 aromatic heterocycles. The minimum atomic E-state index is 0.587. The molecule has 0 fully saturated rings. The first-order valence-corrected chi connectivity index (χ1v) is 7.25. The van der Waals surface area contributed by atoms with Crippen LogP contribution >= 0.6 is 0 Å². The SMILES string of the molecule is CCNC(=NCc1ccnc(OCC)c1)NCC(C)C. The van der Waals surface area contributed by atoms with Crippen molar-refractivity contribution in [3.63, 3.8) is 0 Å². The van der Waals surface area contributed by atoms with E-state index in [1.54, 1.807) is 6.20 Å². The van der Waals surface area contributed by atoms with Crippen LogP contribution in [0.4, 0.5) is 0 Å². The van der Waals surface area contributed by atoms with E-state index in [0.717, 1.165) is 24.6 Å². The molecule has 0 aliphatic heterocycles. The normalized spacial score (nSPS) is 11.6. The lowest BCUT2D eigenvalue weighted by Gasteiger charge is -2.13. The number of hydrogen-bond acceptors (Lipinski definition) is 3. The Morgan fingerprint density at radius 3 is 2.80 bits per heavy atom. The average molecular weight is 278 g/mol. The lowest BCUT2D eigenvalue weighted by Crippen LogP contribution is -2.39. The predicted molar refractivity (Wildman–Crippen MR) is 83.1 cm³/mol. The summed E-state index contributed by atoms with van der Waals surface area (Å²) >= 11 is 0. The van der Waals surface area contributed by atoms with Gasteiger partial charge in [-0.25, -0.2) is 9.98 Å². The molecule has 0 unspecified atom stereocenters. The molecule has 0 atom stereocenters. The van der Waals surface area contributed by atoms with Crippen LogP contribution < -0.4 is 15.4 Å². The molecule has 0 spiro atoms. The Morgan fingerprint density at radius 1 is 1.35 bits per heavy atom. The summed E-state index contributed by atoms with van der Waals surface area (Å²) in [7, 11) is 0. The summed E-state index contributed by atoms with van der Waals surface area (Å²) in [6, 6.07) is 3.89. The molecule has 0 aliphatic carbocycles. The first-order chi connectivity index (χ1) is 9.65. The first kappa shape index (κ1) is 16.3. The molecule has 0 aromatic carbocycles. The number of nitrogens with zero attached hydrogens (tertiary/aromatic N) is 2. The summed E-state index contributed by atoms with van der Waals surface area (Å²) in [5, 5.41) is 6.56. The van der Waals surface area contributed by atoms with Gasteiger partial charge in [0.05, 0.1) is 13.2 Å². The molecule has 2 N–H and O–H groups in total. The van der Waals surface area contributed by atoms with E-state index in [0.29, 0.717) is 24.9 Å². The zero-order chi connectivity index (χ0) is 14.8. The summed E-state index contributed by atoms with van der Waals surface area (Å²) in [4.78, 5) is 8.72. The number of ether oxygens (including phenoxy) is 1.